The summed E-state index contributed by atoms with van der Waals surface area (Å²) in [5.41, 5.74) is 1.11. The molecule has 132 valence electrons. The highest BCUT2D eigenvalue weighted by atomic mass is 32.1. The molecule has 1 amide bonds. The molecule has 26 heavy (non-hydrogen) atoms. The monoisotopic (exact) mass is 366 g/mol. The number of benzene rings is 3. The molecule has 0 radical (unpaired) electrons. The molecule has 0 spiro atoms. The fourth-order valence-electron chi connectivity index (χ4n) is 2.73. The van der Waals surface area contributed by atoms with Gasteiger partial charge < -0.3 is 14.8 Å². The number of fused-ring (bicyclic) bond motifs is 1. The van der Waals surface area contributed by atoms with Crippen molar-refractivity contribution in [3.05, 3.63) is 66.2 Å². The van der Waals surface area contributed by atoms with Crippen molar-refractivity contribution in [3.63, 3.8) is 0 Å². The summed E-state index contributed by atoms with van der Waals surface area (Å²) in [6.45, 7) is 0. The van der Waals surface area contributed by atoms with Gasteiger partial charge >= 0.3 is 0 Å². The van der Waals surface area contributed by atoms with E-state index >= 15 is 0 Å². The second kappa shape index (κ2) is 7.84. The molecule has 0 aromatic heterocycles. The van der Waals surface area contributed by atoms with Crippen LogP contribution in [-0.2, 0) is 0 Å². The van der Waals surface area contributed by atoms with Gasteiger partial charge in [-0.15, -0.1) is 0 Å². The van der Waals surface area contributed by atoms with E-state index in [0.717, 1.165) is 16.5 Å². The summed E-state index contributed by atoms with van der Waals surface area (Å²) in [7, 11) is 3.00. The lowest BCUT2D eigenvalue weighted by atomic mass is 10.1. The van der Waals surface area contributed by atoms with E-state index in [1.54, 1.807) is 18.2 Å². The first-order valence-electron chi connectivity index (χ1n) is 7.95. The molecule has 0 heterocycles. The van der Waals surface area contributed by atoms with Crippen molar-refractivity contribution in [3.8, 4) is 11.5 Å². The van der Waals surface area contributed by atoms with E-state index in [1.807, 2.05) is 42.5 Å². The van der Waals surface area contributed by atoms with Gasteiger partial charge in [0.25, 0.3) is 5.91 Å². The van der Waals surface area contributed by atoms with E-state index in [-0.39, 0.29) is 5.11 Å². The second-order valence-corrected chi connectivity index (χ2v) is 5.88. The van der Waals surface area contributed by atoms with Gasteiger partial charge in [-0.1, -0.05) is 42.5 Å². The summed E-state index contributed by atoms with van der Waals surface area (Å²) in [6, 6.07) is 18.9. The van der Waals surface area contributed by atoms with Gasteiger partial charge in [-0.3, -0.25) is 10.1 Å². The zero-order chi connectivity index (χ0) is 18.5. The van der Waals surface area contributed by atoms with Crippen LogP contribution in [0.2, 0.25) is 0 Å². The van der Waals surface area contributed by atoms with Crippen molar-refractivity contribution in [2.75, 3.05) is 19.5 Å². The van der Waals surface area contributed by atoms with Crippen molar-refractivity contribution in [1.82, 2.24) is 5.32 Å². The molecular weight excluding hydrogens is 348 g/mol. The van der Waals surface area contributed by atoms with E-state index in [4.69, 9.17) is 21.7 Å². The summed E-state index contributed by atoms with van der Waals surface area (Å²) >= 11 is 5.31. The lowest BCUT2D eigenvalue weighted by Crippen LogP contribution is -2.34. The number of carbonyl (C=O) groups excluding carboxylic acids is 1. The standard InChI is InChI=1S/C20H18N2O3S/c1-24-16-11-6-12-17(25-2)18(16)19(23)22-20(26)21-15-10-5-8-13-7-3-4-9-14(13)15/h3-12H,1-2H3,(H2,21,22,23,26). The molecule has 0 bridgehead atoms. The minimum absolute atomic E-state index is 0.194. The van der Waals surface area contributed by atoms with Crippen LogP contribution in [0, 0.1) is 0 Å². The smallest absolute Gasteiger partial charge is 0.264 e. The Morgan fingerprint density at radius 3 is 2.19 bits per heavy atom. The van der Waals surface area contributed by atoms with Crippen LogP contribution in [0.25, 0.3) is 10.8 Å². The highest BCUT2D eigenvalue weighted by Gasteiger charge is 2.19. The normalized spacial score (nSPS) is 10.2. The molecule has 3 aromatic carbocycles. The van der Waals surface area contributed by atoms with Gasteiger partial charge in [0.1, 0.15) is 17.1 Å². The lowest BCUT2D eigenvalue weighted by Gasteiger charge is -2.15. The van der Waals surface area contributed by atoms with Gasteiger partial charge in [-0.25, -0.2) is 0 Å². The molecule has 0 saturated carbocycles. The average molecular weight is 366 g/mol. The quantitative estimate of drug-likeness (QED) is 0.684. The van der Waals surface area contributed by atoms with Crippen LogP contribution in [-0.4, -0.2) is 25.2 Å². The first kappa shape index (κ1) is 17.7. The molecular formula is C20H18N2O3S. The van der Waals surface area contributed by atoms with Crippen LogP contribution in [0.1, 0.15) is 10.4 Å². The van der Waals surface area contributed by atoms with Gasteiger partial charge in [0, 0.05) is 11.1 Å². The van der Waals surface area contributed by atoms with Crippen LogP contribution >= 0.6 is 12.2 Å². The maximum atomic E-state index is 12.7. The van der Waals surface area contributed by atoms with Crippen LogP contribution in [0.15, 0.2) is 60.7 Å². The van der Waals surface area contributed by atoms with Crippen molar-refractivity contribution in [2.45, 2.75) is 0 Å². The predicted octanol–water partition coefficient (Wildman–Crippen LogP) is 3.98. The Kier molecular flexibility index (Phi) is 5.34. The fraction of sp³-hybridized carbons (Fsp3) is 0.100. The molecule has 6 heteroatoms. The Labute approximate surface area is 156 Å². The van der Waals surface area contributed by atoms with Crippen LogP contribution in [0.4, 0.5) is 5.69 Å². The van der Waals surface area contributed by atoms with E-state index in [9.17, 15) is 4.79 Å². The Balaban J connectivity index is 1.81. The highest BCUT2D eigenvalue weighted by Crippen LogP contribution is 2.28. The van der Waals surface area contributed by atoms with Crippen LogP contribution < -0.4 is 20.1 Å². The van der Waals surface area contributed by atoms with Crippen molar-refractivity contribution in [1.29, 1.82) is 0 Å². The van der Waals surface area contributed by atoms with Gasteiger partial charge in [-0.2, -0.15) is 0 Å². The van der Waals surface area contributed by atoms with Gasteiger partial charge in [0.15, 0.2) is 5.11 Å². The summed E-state index contributed by atoms with van der Waals surface area (Å²) in [6.07, 6.45) is 0. The third-order valence-electron chi connectivity index (χ3n) is 3.92. The SMILES string of the molecule is COc1cccc(OC)c1C(=O)NC(=S)Nc1cccc2ccccc12. The van der Waals surface area contributed by atoms with Crippen LogP contribution in [0.3, 0.4) is 0 Å². The molecule has 3 rings (SSSR count). The number of methoxy groups -OCH3 is 2. The number of hydrogen-bond donors (Lipinski definition) is 2. The molecule has 0 aliphatic carbocycles. The zero-order valence-corrected chi connectivity index (χ0v) is 15.2. The number of anilines is 1. The maximum Gasteiger partial charge on any atom is 0.264 e. The lowest BCUT2D eigenvalue weighted by molar-refractivity contribution is 0.0971. The van der Waals surface area contributed by atoms with Gasteiger partial charge in [-0.05, 0) is 35.8 Å². The van der Waals surface area contributed by atoms with E-state index in [2.05, 4.69) is 10.6 Å². The van der Waals surface area contributed by atoms with Gasteiger partial charge in [0.2, 0.25) is 0 Å². The van der Waals surface area contributed by atoms with Crippen molar-refractivity contribution < 1.29 is 14.3 Å². The minimum Gasteiger partial charge on any atom is -0.496 e. The maximum absolute atomic E-state index is 12.7. The third kappa shape index (κ3) is 3.60. The molecule has 0 unspecified atom stereocenters. The third-order valence-corrected chi connectivity index (χ3v) is 4.12. The number of thiocarbonyl (C=S) groups is 1. The Morgan fingerprint density at radius 2 is 1.50 bits per heavy atom. The summed E-state index contributed by atoms with van der Waals surface area (Å²) < 4.78 is 10.5. The molecule has 0 atom stereocenters. The van der Waals surface area contributed by atoms with Crippen LogP contribution in [0.5, 0.6) is 11.5 Å². The summed E-state index contributed by atoms with van der Waals surface area (Å²) in [5, 5.41) is 8.05. The topological polar surface area (TPSA) is 59.6 Å². The summed E-state index contributed by atoms with van der Waals surface area (Å²) in [5.74, 6) is 0.418. The first-order chi connectivity index (χ1) is 12.6. The molecule has 0 saturated heterocycles. The molecule has 5 nitrogen and oxygen atoms in total. The molecule has 3 aromatic rings. The predicted molar refractivity (Wildman–Crippen MR) is 107 cm³/mol. The average Bonchev–Trinajstić information content (AvgIpc) is 2.67. The highest BCUT2D eigenvalue weighted by molar-refractivity contribution is 7.80. The summed E-state index contributed by atoms with van der Waals surface area (Å²) in [4.78, 5) is 12.7. The Bertz CT molecular complexity index is 945. The fourth-order valence-corrected chi connectivity index (χ4v) is 2.93. The first-order valence-corrected chi connectivity index (χ1v) is 8.36. The van der Waals surface area contributed by atoms with E-state index < -0.39 is 5.91 Å². The number of ether oxygens (including phenoxy) is 2. The van der Waals surface area contributed by atoms with Crippen molar-refractivity contribution in [2.24, 2.45) is 0 Å². The Hall–Kier alpha value is -3.12. The van der Waals surface area contributed by atoms with E-state index in [0.29, 0.717) is 17.1 Å². The Morgan fingerprint density at radius 1 is 0.885 bits per heavy atom. The molecule has 2 N–H and O–H groups in total. The number of amides is 1. The number of nitrogens with one attached hydrogen (secondary N) is 2. The largest absolute Gasteiger partial charge is 0.496 e. The number of hydrogen-bond acceptors (Lipinski definition) is 4. The van der Waals surface area contributed by atoms with Crippen molar-refractivity contribution >= 4 is 39.7 Å². The zero-order valence-electron chi connectivity index (χ0n) is 14.4. The van der Waals surface area contributed by atoms with Gasteiger partial charge in [0.05, 0.1) is 14.2 Å². The molecule has 0 fully saturated rings. The minimum atomic E-state index is -0.406. The molecule has 0 aliphatic rings. The second-order valence-electron chi connectivity index (χ2n) is 5.47. The number of carbonyl (C=O) groups is 1. The van der Waals surface area contributed by atoms with E-state index in [1.165, 1.54) is 14.2 Å². The molecule has 0 aliphatic heterocycles. The number of rotatable bonds is 4.